The lowest BCUT2D eigenvalue weighted by Gasteiger charge is -2.11. The number of fused-ring (bicyclic) bond motifs is 1. The molecule has 1 unspecified atom stereocenters. The highest BCUT2D eigenvalue weighted by Crippen LogP contribution is 2.22. The molecule has 2 aromatic rings. The van der Waals surface area contributed by atoms with E-state index in [-0.39, 0.29) is 6.04 Å². The number of nitrogens with zero attached hydrogens (tertiary/aromatic N) is 1. The average molecular weight is 256 g/mol. The zero-order valence-electron chi connectivity index (χ0n) is 12.2. The number of aromatic nitrogens is 1. The van der Waals surface area contributed by atoms with E-state index in [9.17, 15) is 0 Å². The Morgan fingerprint density at radius 2 is 2.05 bits per heavy atom. The molecule has 102 valence electrons. The fourth-order valence-electron chi connectivity index (χ4n) is 2.54. The molecule has 0 radical (unpaired) electrons. The van der Waals surface area contributed by atoms with Crippen LogP contribution in [0.2, 0.25) is 0 Å². The Hall–Kier alpha value is -1.41. The van der Waals surface area contributed by atoms with Gasteiger partial charge >= 0.3 is 0 Å². The van der Waals surface area contributed by atoms with Crippen molar-refractivity contribution < 1.29 is 0 Å². The molecule has 2 rings (SSSR count). The number of nitrogens with two attached hydrogens (primary N) is 1. The number of aryl methyl sites for hydroxylation is 2. The molecule has 0 spiro atoms. The number of hydrogen-bond donors (Lipinski definition) is 1. The molecule has 0 aliphatic carbocycles. The third-order valence-electron chi connectivity index (χ3n) is 3.45. The van der Waals surface area contributed by atoms with Gasteiger partial charge in [-0.2, -0.15) is 0 Å². The van der Waals surface area contributed by atoms with Gasteiger partial charge in [-0.05, 0) is 62.4 Å². The molecular formula is C17H24N2. The van der Waals surface area contributed by atoms with Gasteiger partial charge in [-0.25, -0.2) is 0 Å². The minimum Gasteiger partial charge on any atom is -0.328 e. The molecule has 2 heteroatoms. The molecule has 1 aromatic heterocycles. The van der Waals surface area contributed by atoms with Gasteiger partial charge in [0.1, 0.15) is 0 Å². The van der Waals surface area contributed by atoms with Crippen LogP contribution in [0.1, 0.15) is 43.5 Å². The van der Waals surface area contributed by atoms with Gasteiger partial charge in [0, 0.05) is 17.1 Å². The number of pyridine rings is 1. The summed E-state index contributed by atoms with van der Waals surface area (Å²) in [6, 6.07) is 9.02. The molecule has 1 aromatic carbocycles. The SMILES string of the molecule is CCCCc1ccc2nc(C)cc(CC(C)N)c2c1. The highest BCUT2D eigenvalue weighted by Gasteiger charge is 2.07. The van der Waals surface area contributed by atoms with Crippen molar-refractivity contribution >= 4 is 10.9 Å². The second-order valence-corrected chi connectivity index (χ2v) is 5.56. The summed E-state index contributed by atoms with van der Waals surface area (Å²) in [6.45, 7) is 6.34. The van der Waals surface area contributed by atoms with Crippen LogP contribution in [-0.4, -0.2) is 11.0 Å². The van der Waals surface area contributed by atoms with E-state index in [2.05, 4.69) is 50.0 Å². The van der Waals surface area contributed by atoms with Gasteiger partial charge < -0.3 is 5.73 Å². The first-order chi connectivity index (χ1) is 9.10. The minimum absolute atomic E-state index is 0.185. The highest BCUT2D eigenvalue weighted by molar-refractivity contribution is 5.83. The lowest BCUT2D eigenvalue weighted by Crippen LogP contribution is -2.18. The van der Waals surface area contributed by atoms with Gasteiger partial charge in [-0.15, -0.1) is 0 Å². The summed E-state index contributed by atoms with van der Waals surface area (Å²) >= 11 is 0. The predicted molar refractivity (Wildman–Crippen MR) is 82.4 cm³/mol. The molecule has 2 nitrogen and oxygen atoms in total. The Labute approximate surface area is 116 Å². The molecule has 1 heterocycles. The van der Waals surface area contributed by atoms with Gasteiger partial charge in [0.05, 0.1) is 5.52 Å². The van der Waals surface area contributed by atoms with Gasteiger partial charge in [0.15, 0.2) is 0 Å². The molecular weight excluding hydrogens is 232 g/mol. The van der Waals surface area contributed by atoms with E-state index in [1.807, 2.05) is 0 Å². The largest absolute Gasteiger partial charge is 0.328 e. The monoisotopic (exact) mass is 256 g/mol. The smallest absolute Gasteiger partial charge is 0.0708 e. The maximum absolute atomic E-state index is 5.96. The lowest BCUT2D eigenvalue weighted by atomic mass is 9.98. The van der Waals surface area contributed by atoms with Crippen molar-refractivity contribution in [2.75, 3.05) is 0 Å². The van der Waals surface area contributed by atoms with Crippen molar-refractivity contribution in [1.29, 1.82) is 0 Å². The molecule has 0 fully saturated rings. The molecule has 19 heavy (non-hydrogen) atoms. The van der Waals surface area contributed by atoms with Crippen molar-refractivity contribution in [2.24, 2.45) is 5.73 Å². The van der Waals surface area contributed by atoms with Crippen molar-refractivity contribution in [3.63, 3.8) is 0 Å². The first kappa shape index (κ1) is 14.0. The summed E-state index contributed by atoms with van der Waals surface area (Å²) in [7, 11) is 0. The van der Waals surface area contributed by atoms with E-state index in [1.165, 1.54) is 29.4 Å². The maximum atomic E-state index is 5.96. The molecule has 0 amide bonds. The van der Waals surface area contributed by atoms with E-state index >= 15 is 0 Å². The third-order valence-corrected chi connectivity index (χ3v) is 3.45. The van der Waals surface area contributed by atoms with E-state index in [0.717, 1.165) is 24.1 Å². The molecule has 0 saturated carbocycles. The standard InChI is InChI=1S/C17H24N2/c1-4-5-6-14-7-8-17-16(11-14)15(9-12(2)18)10-13(3)19-17/h7-8,10-12H,4-6,9,18H2,1-3H3. The zero-order chi connectivity index (χ0) is 13.8. The van der Waals surface area contributed by atoms with Gasteiger partial charge in [-0.3, -0.25) is 4.98 Å². The van der Waals surface area contributed by atoms with Gasteiger partial charge in [-0.1, -0.05) is 19.4 Å². The number of unbranched alkanes of at least 4 members (excludes halogenated alkanes) is 1. The summed E-state index contributed by atoms with van der Waals surface area (Å²) in [4.78, 5) is 4.62. The Morgan fingerprint density at radius 1 is 1.26 bits per heavy atom. The van der Waals surface area contributed by atoms with Crippen LogP contribution in [0.4, 0.5) is 0 Å². The van der Waals surface area contributed by atoms with E-state index < -0.39 is 0 Å². The molecule has 0 aliphatic heterocycles. The van der Waals surface area contributed by atoms with Crippen LogP contribution in [0, 0.1) is 6.92 Å². The van der Waals surface area contributed by atoms with E-state index in [1.54, 1.807) is 0 Å². The van der Waals surface area contributed by atoms with Gasteiger partial charge in [0.25, 0.3) is 0 Å². The van der Waals surface area contributed by atoms with Crippen molar-refractivity contribution in [2.45, 2.75) is 52.5 Å². The summed E-state index contributed by atoms with van der Waals surface area (Å²) in [5.41, 5.74) is 10.9. The topological polar surface area (TPSA) is 38.9 Å². The Kier molecular flexibility index (Phi) is 4.54. The second-order valence-electron chi connectivity index (χ2n) is 5.56. The van der Waals surface area contributed by atoms with Gasteiger partial charge in [0.2, 0.25) is 0 Å². The molecule has 0 saturated heterocycles. The van der Waals surface area contributed by atoms with Crippen LogP contribution in [-0.2, 0) is 12.8 Å². The van der Waals surface area contributed by atoms with Crippen LogP contribution in [0.25, 0.3) is 10.9 Å². The first-order valence-electron chi connectivity index (χ1n) is 7.25. The molecule has 0 bridgehead atoms. The van der Waals surface area contributed by atoms with Crippen molar-refractivity contribution in [1.82, 2.24) is 4.98 Å². The summed E-state index contributed by atoms with van der Waals surface area (Å²) in [5.74, 6) is 0. The Bertz CT molecular complexity index is 558. The maximum Gasteiger partial charge on any atom is 0.0708 e. The Balaban J connectivity index is 2.45. The summed E-state index contributed by atoms with van der Waals surface area (Å²) in [5, 5.41) is 1.27. The third kappa shape index (κ3) is 3.54. The first-order valence-corrected chi connectivity index (χ1v) is 7.25. The van der Waals surface area contributed by atoms with Crippen molar-refractivity contribution in [3.8, 4) is 0 Å². The predicted octanol–water partition coefficient (Wildman–Crippen LogP) is 3.78. The van der Waals surface area contributed by atoms with Crippen LogP contribution < -0.4 is 5.73 Å². The minimum atomic E-state index is 0.185. The van der Waals surface area contributed by atoms with Crippen molar-refractivity contribution in [3.05, 3.63) is 41.1 Å². The molecule has 1 atom stereocenters. The normalized spacial score (nSPS) is 12.8. The number of benzene rings is 1. The average Bonchev–Trinajstić information content (AvgIpc) is 2.35. The van der Waals surface area contributed by atoms with E-state index in [0.29, 0.717) is 0 Å². The van der Waals surface area contributed by atoms with E-state index in [4.69, 9.17) is 5.73 Å². The molecule has 0 aliphatic rings. The second kappa shape index (κ2) is 6.16. The highest BCUT2D eigenvalue weighted by atomic mass is 14.7. The molecule has 2 N–H and O–H groups in total. The van der Waals surface area contributed by atoms with Crippen LogP contribution in [0.15, 0.2) is 24.3 Å². The fraction of sp³-hybridized carbons (Fsp3) is 0.471. The van der Waals surface area contributed by atoms with Crippen LogP contribution in [0.5, 0.6) is 0 Å². The summed E-state index contributed by atoms with van der Waals surface area (Å²) < 4.78 is 0. The summed E-state index contributed by atoms with van der Waals surface area (Å²) in [6.07, 6.45) is 4.54. The lowest BCUT2D eigenvalue weighted by molar-refractivity contribution is 0.740. The van der Waals surface area contributed by atoms with Crippen LogP contribution >= 0.6 is 0 Å². The van der Waals surface area contributed by atoms with Crippen LogP contribution in [0.3, 0.4) is 0 Å². The number of hydrogen-bond acceptors (Lipinski definition) is 2. The quantitative estimate of drug-likeness (QED) is 0.884. The fourth-order valence-corrected chi connectivity index (χ4v) is 2.54. The Morgan fingerprint density at radius 3 is 2.74 bits per heavy atom. The zero-order valence-corrected chi connectivity index (χ0v) is 12.2. The number of rotatable bonds is 5.